The van der Waals surface area contributed by atoms with Crippen LogP contribution in [0.4, 0.5) is 0 Å². The number of aromatic nitrogens is 1. The first-order valence-corrected chi connectivity index (χ1v) is 8.81. The Morgan fingerprint density at radius 2 is 2.21 bits per heavy atom. The lowest BCUT2D eigenvalue weighted by atomic mass is 9.93. The fourth-order valence-corrected chi connectivity index (χ4v) is 4.26. The van der Waals surface area contributed by atoms with Crippen LogP contribution < -0.4 is 10.1 Å². The molecule has 1 amide bonds. The van der Waals surface area contributed by atoms with Gasteiger partial charge < -0.3 is 14.6 Å². The molecule has 0 unspecified atom stereocenters. The Bertz CT molecular complexity index is 777. The van der Waals surface area contributed by atoms with Gasteiger partial charge in [-0.1, -0.05) is 24.3 Å². The fraction of sp³-hybridized carbons (Fsp3) is 0.450. The molecule has 1 fully saturated rings. The molecular weight excluding hydrogens is 300 g/mol. The molecule has 2 aliphatic rings. The van der Waals surface area contributed by atoms with Gasteiger partial charge in [-0.25, -0.2) is 0 Å². The lowest BCUT2D eigenvalue weighted by Gasteiger charge is -2.18. The van der Waals surface area contributed by atoms with E-state index in [-0.39, 0.29) is 5.91 Å². The highest BCUT2D eigenvalue weighted by Crippen LogP contribution is 2.42. The Labute approximate surface area is 142 Å². The summed E-state index contributed by atoms with van der Waals surface area (Å²) in [6.45, 7) is 1.49. The highest BCUT2D eigenvalue weighted by atomic mass is 16.5. The lowest BCUT2D eigenvalue weighted by Crippen LogP contribution is -2.31. The largest absolute Gasteiger partial charge is 0.495 e. The Kier molecular flexibility index (Phi) is 4.05. The van der Waals surface area contributed by atoms with E-state index < -0.39 is 0 Å². The van der Waals surface area contributed by atoms with Crippen molar-refractivity contribution in [1.29, 1.82) is 0 Å². The van der Waals surface area contributed by atoms with Crippen LogP contribution in [0, 0.1) is 17.8 Å². The van der Waals surface area contributed by atoms with E-state index in [1.807, 2.05) is 18.3 Å². The van der Waals surface area contributed by atoms with E-state index in [9.17, 15) is 4.79 Å². The Hall–Kier alpha value is -2.23. The van der Waals surface area contributed by atoms with Crippen LogP contribution in [-0.2, 0) is 11.3 Å². The Morgan fingerprint density at radius 1 is 1.29 bits per heavy atom. The summed E-state index contributed by atoms with van der Waals surface area (Å²) in [5.41, 5.74) is 1.06. The first-order valence-electron chi connectivity index (χ1n) is 8.81. The smallest absolute Gasteiger partial charge is 0.221 e. The maximum atomic E-state index is 12.2. The number of aryl methyl sites for hydroxylation is 1. The van der Waals surface area contributed by atoms with Crippen molar-refractivity contribution in [3.8, 4) is 5.75 Å². The van der Waals surface area contributed by atoms with Crippen molar-refractivity contribution >= 4 is 16.8 Å². The minimum atomic E-state index is 0.138. The third-order valence-corrected chi connectivity index (χ3v) is 5.53. The van der Waals surface area contributed by atoms with Crippen molar-refractivity contribution < 1.29 is 9.53 Å². The van der Waals surface area contributed by atoms with Crippen LogP contribution in [0.15, 0.2) is 42.6 Å². The molecule has 126 valence electrons. The van der Waals surface area contributed by atoms with E-state index in [0.717, 1.165) is 29.1 Å². The monoisotopic (exact) mass is 324 g/mol. The molecule has 1 saturated carbocycles. The highest BCUT2D eigenvalue weighted by molar-refractivity contribution is 5.86. The van der Waals surface area contributed by atoms with Crippen LogP contribution >= 0.6 is 0 Å². The molecular formula is C20H24N2O2. The van der Waals surface area contributed by atoms with Gasteiger partial charge in [-0.2, -0.15) is 0 Å². The average Bonchev–Trinajstić information content (AvgIpc) is 3.32. The number of para-hydroxylation sites is 1. The third kappa shape index (κ3) is 2.81. The highest BCUT2D eigenvalue weighted by Gasteiger charge is 2.35. The quantitative estimate of drug-likeness (QED) is 0.828. The molecule has 2 bridgehead atoms. The van der Waals surface area contributed by atoms with Crippen molar-refractivity contribution in [3.05, 3.63) is 42.6 Å². The number of carbonyl (C=O) groups excluding carboxylic acids is 1. The Balaban J connectivity index is 1.33. The van der Waals surface area contributed by atoms with Gasteiger partial charge >= 0.3 is 0 Å². The maximum Gasteiger partial charge on any atom is 0.221 e. The molecule has 0 aliphatic heterocycles. The molecule has 1 N–H and O–H groups in total. The summed E-state index contributed by atoms with van der Waals surface area (Å²) in [4.78, 5) is 12.2. The van der Waals surface area contributed by atoms with Gasteiger partial charge in [-0.3, -0.25) is 4.79 Å². The summed E-state index contributed by atoms with van der Waals surface area (Å²) in [5.74, 6) is 3.07. The summed E-state index contributed by atoms with van der Waals surface area (Å²) in [7, 11) is 1.68. The lowest BCUT2D eigenvalue weighted by molar-refractivity contribution is -0.121. The molecule has 1 heterocycles. The minimum absolute atomic E-state index is 0.138. The van der Waals surface area contributed by atoms with Crippen molar-refractivity contribution in [2.45, 2.75) is 25.8 Å². The predicted octanol–water partition coefficient (Wildman–Crippen LogP) is 3.37. The van der Waals surface area contributed by atoms with Crippen molar-refractivity contribution in [2.24, 2.45) is 17.8 Å². The number of amides is 1. The summed E-state index contributed by atoms with van der Waals surface area (Å²) >= 11 is 0. The van der Waals surface area contributed by atoms with Crippen LogP contribution in [-0.4, -0.2) is 24.1 Å². The van der Waals surface area contributed by atoms with Gasteiger partial charge in [0.1, 0.15) is 5.75 Å². The van der Waals surface area contributed by atoms with Crippen LogP contribution in [0.3, 0.4) is 0 Å². The van der Waals surface area contributed by atoms with Crippen molar-refractivity contribution in [2.75, 3.05) is 13.7 Å². The van der Waals surface area contributed by atoms with E-state index in [4.69, 9.17) is 4.74 Å². The zero-order valence-corrected chi connectivity index (χ0v) is 14.1. The van der Waals surface area contributed by atoms with E-state index in [1.54, 1.807) is 7.11 Å². The van der Waals surface area contributed by atoms with Gasteiger partial charge in [0, 0.05) is 31.1 Å². The molecule has 2 aromatic rings. The second-order valence-electron chi connectivity index (χ2n) is 7.00. The van der Waals surface area contributed by atoms with E-state index >= 15 is 0 Å². The summed E-state index contributed by atoms with van der Waals surface area (Å²) in [6.07, 6.45) is 9.73. The molecule has 0 spiro atoms. The van der Waals surface area contributed by atoms with Gasteiger partial charge in [0.2, 0.25) is 5.91 Å². The van der Waals surface area contributed by atoms with Crippen LogP contribution in [0.5, 0.6) is 5.75 Å². The topological polar surface area (TPSA) is 43.3 Å². The van der Waals surface area contributed by atoms with Gasteiger partial charge in [0.15, 0.2) is 0 Å². The van der Waals surface area contributed by atoms with Crippen LogP contribution in [0.25, 0.3) is 10.9 Å². The van der Waals surface area contributed by atoms with E-state index in [0.29, 0.717) is 24.8 Å². The number of fused-ring (bicyclic) bond motifs is 3. The van der Waals surface area contributed by atoms with Gasteiger partial charge in [-0.15, -0.1) is 0 Å². The second-order valence-corrected chi connectivity index (χ2v) is 7.00. The van der Waals surface area contributed by atoms with E-state index in [2.05, 4.69) is 34.2 Å². The zero-order chi connectivity index (χ0) is 16.5. The molecule has 2 aliphatic carbocycles. The summed E-state index contributed by atoms with van der Waals surface area (Å²) in [6, 6.07) is 8.08. The molecule has 4 heteroatoms. The third-order valence-electron chi connectivity index (χ3n) is 5.53. The number of benzene rings is 1. The van der Waals surface area contributed by atoms with Crippen LogP contribution in [0.1, 0.15) is 19.3 Å². The summed E-state index contributed by atoms with van der Waals surface area (Å²) < 4.78 is 7.55. The van der Waals surface area contributed by atoms with Gasteiger partial charge in [0.05, 0.1) is 12.6 Å². The van der Waals surface area contributed by atoms with Crippen molar-refractivity contribution in [3.63, 3.8) is 0 Å². The molecule has 0 radical (unpaired) electrons. The minimum Gasteiger partial charge on any atom is -0.495 e. The average molecular weight is 324 g/mol. The molecule has 0 saturated heterocycles. The SMILES string of the molecule is COc1cccc2ccn(CCC(=O)NC[C@H]3C[C@H]4C=C[C@H]3C4)c12. The number of ether oxygens (including phenoxy) is 1. The number of hydrogen-bond donors (Lipinski definition) is 1. The number of nitrogens with one attached hydrogen (secondary N) is 1. The maximum absolute atomic E-state index is 12.2. The first kappa shape index (κ1) is 15.3. The molecule has 4 nitrogen and oxygen atoms in total. The van der Waals surface area contributed by atoms with Crippen LogP contribution in [0.2, 0.25) is 0 Å². The molecule has 1 aromatic carbocycles. The summed E-state index contributed by atoms with van der Waals surface area (Å²) in [5, 5.41) is 4.27. The van der Waals surface area contributed by atoms with Gasteiger partial charge in [0.25, 0.3) is 0 Å². The number of nitrogens with zero attached hydrogens (tertiary/aromatic N) is 1. The fourth-order valence-electron chi connectivity index (χ4n) is 4.26. The molecule has 4 rings (SSSR count). The van der Waals surface area contributed by atoms with Gasteiger partial charge in [-0.05, 0) is 42.7 Å². The zero-order valence-electron chi connectivity index (χ0n) is 14.1. The Morgan fingerprint density at radius 3 is 2.96 bits per heavy atom. The molecule has 1 aromatic heterocycles. The number of hydrogen-bond acceptors (Lipinski definition) is 2. The standard InChI is InChI=1S/C20H24N2O2/c1-24-18-4-2-3-15-7-9-22(20(15)18)10-8-19(23)21-13-17-12-14-5-6-16(17)11-14/h2-7,9,14,16-17H,8,10-13H2,1H3,(H,21,23)/t14-,16-,17+/m0/s1. The number of allylic oxidation sites excluding steroid dienone is 2. The predicted molar refractivity (Wildman–Crippen MR) is 95.0 cm³/mol. The normalized spacial score (nSPS) is 24.6. The van der Waals surface area contributed by atoms with Crippen molar-refractivity contribution in [1.82, 2.24) is 9.88 Å². The first-order chi connectivity index (χ1) is 11.7. The van der Waals surface area contributed by atoms with E-state index in [1.165, 1.54) is 12.8 Å². The number of carbonyl (C=O) groups is 1. The second kappa shape index (κ2) is 6.34. The molecule has 3 atom stereocenters. The number of rotatable bonds is 6. The molecule has 24 heavy (non-hydrogen) atoms. The number of methoxy groups -OCH3 is 1.